The van der Waals surface area contributed by atoms with Crippen LogP contribution in [0.25, 0.3) is 16.1 Å². The zero-order chi connectivity index (χ0) is 22.8. The van der Waals surface area contributed by atoms with Crippen molar-refractivity contribution in [3.05, 3.63) is 23.1 Å². The minimum Gasteiger partial charge on any atom is -0.496 e. The molecule has 1 amide bonds. The predicted molar refractivity (Wildman–Crippen MR) is 124 cm³/mol. The van der Waals surface area contributed by atoms with Gasteiger partial charge in [0.1, 0.15) is 32.6 Å². The second kappa shape index (κ2) is 9.37. The number of nitrogens with one attached hydrogen (secondary N) is 1. The molecule has 1 N–H and O–H groups in total. The summed E-state index contributed by atoms with van der Waals surface area (Å²) >= 11 is 2.91. The number of thioether (sulfide) groups is 1. The molecule has 0 aliphatic carbocycles. The highest BCUT2D eigenvalue weighted by molar-refractivity contribution is 7.98. The van der Waals surface area contributed by atoms with Gasteiger partial charge in [0.25, 0.3) is 0 Å². The summed E-state index contributed by atoms with van der Waals surface area (Å²) in [5.41, 5.74) is 2.53. The quantitative estimate of drug-likeness (QED) is 0.474. The molecule has 10 heteroatoms. The van der Waals surface area contributed by atoms with Crippen LogP contribution in [0.15, 0.2) is 22.5 Å². The van der Waals surface area contributed by atoms with E-state index < -0.39 is 11.7 Å². The van der Waals surface area contributed by atoms with Gasteiger partial charge in [-0.2, -0.15) is 5.10 Å². The van der Waals surface area contributed by atoms with Crippen LogP contribution < -0.4 is 14.8 Å². The summed E-state index contributed by atoms with van der Waals surface area (Å²) in [5, 5.41) is 10.2. The third-order valence-corrected chi connectivity index (χ3v) is 5.89. The van der Waals surface area contributed by atoms with Crippen molar-refractivity contribution in [2.24, 2.45) is 0 Å². The Labute approximate surface area is 189 Å². The highest BCUT2D eigenvalue weighted by Gasteiger charge is 2.25. The van der Waals surface area contributed by atoms with Crippen molar-refractivity contribution in [3.8, 4) is 22.8 Å². The number of benzene rings is 1. The van der Waals surface area contributed by atoms with Gasteiger partial charge in [0, 0.05) is 12.5 Å². The number of anilines is 1. The monoisotopic (exact) mass is 465 g/mol. The number of nitrogens with zero attached hydrogens (tertiary/aromatic N) is 2. The van der Waals surface area contributed by atoms with E-state index in [2.05, 4.69) is 5.32 Å². The Morgan fingerprint density at radius 1 is 1.19 bits per heavy atom. The van der Waals surface area contributed by atoms with Gasteiger partial charge in [-0.05, 0) is 44.7 Å². The van der Waals surface area contributed by atoms with Crippen LogP contribution in [0.2, 0.25) is 0 Å². The lowest BCUT2D eigenvalue weighted by Crippen LogP contribution is -2.27. The Balaban J connectivity index is 2.12. The first-order valence-corrected chi connectivity index (χ1v) is 11.6. The van der Waals surface area contributed by atoms with Gasteiger partial charge < -0.3 is 18.9 Å². The molecule has 0 aliphatic rings. The van der Waals surface area contributed by atoms with Gasteiger partial charge in [-0.15, -0.1) is 23.1 Å². The number of carbonyl (C=O) groups is 1. The normalized spacial score (nSPS) is 11.6. The van der Waals surface area contributed by atoms with Crippen LogP contribution in [-0.4, -0.2) is 48.9 Å². The first kappa shape index (κ1) is 23.2. The lowest BCUT2D eigenvalue weighted by atomic mass is 10.1. The minimum atomic E-state index is -0.596. The SMILES string of the molecule is COCc1cc(OC)c(-c2csc3c(NC(=O)OC(C)(C)C)c(SC)nn23)c(OC)c1. The van der Waals surface area contributed by atoms with Crippen LogP contribution in [0.3, 0.4) is 0 Å². The molecule has 2 heterocycles. The largest absolute Gasteiger partial charge is 0.496 e. The maximum absolute atomic E-state index is 12.4. The number of hydrogen-bond donors (Lipinski definition) is 1. The molecule has 0 aliphatic heterocycles. The molecule has 1 aromatic carbocycles. The summed E-state index contributed by atoms with van der Waals surface area (Å²) in [7, 11) is 4.87. The number of amides is 1. The highest BCUT2D eigenvalue weighted by Crippen LogP contribution is 2.44. The molecule has 0 saturated heterocycles. The van der Waals surface area contributed by atoms with Gasteiger partial charge in [-0.1, -0.05) is 0 Å². The molecule has 31 heavy (non-hydrogen) atoms. The van der Waals surface area contributed by atoms with Gasteiger partial charge in [-0.3, -0.25) is 5.32 Å². The average Bonchev–Trinajstić information content (AvgIpc) is 3.25. The van der Waals surface area contributed by atoms with Gasteiger partial charge in [0.2, 0.25) is 0 Å². The zero-order valence-corrected chi connectivity index (χ0v) is 20.3. The molecule has 168 valence electrons. The van der Waals surface area contributed by atoms with E-state index in [1.807, 2.05) is 44.5 Å². The molecule has 0 saturated carbocycles. The van der Waals surface area contributed by atoms with E-state index >= 15 is 0 Å². The molecule has 0 unspecified atom stereocenters. The molecule has 0 spiro atoms. The minimum absolute atomic E-state index is 0.439. The molecular weight excluding hydrogens is 438 g/mol. The lowest BCUT2D eigenvalue weighted by molar-refractivity contribution is 0.0635. The van der Waals surface area contributed by atoms with Crippen LogP contribution >= 0.6 is 23.1 Å². The van der Waals surface area contributed by atoms with Crippen LogP contribution in [-0.2, 0) is 16.1 Å². The summed E-state index contributed by atoms with van der Waals surface area (Å²) in [4.78, 5) is 13.2. The van der Waals surface area contributed by atoms with Gasteiger partial charge in [0.05, 0.1) is 32.1 Å². The fourth-order valence-electron chi connectivity index (χ4n) is 3.11. The summed E-state index contributed by atoms with van der Waals surface area (Å²) in [6.45, 7) is 5.91. The fraction of sp³-hybridized carbons (Fsp3) is 0.429. The van der Waals surface area contributed by atoms with Crippen molar-refractivity contribution in [1.29, 1.82) is 0 Å². The molecule has 0 radical (unpaired) electrons. The van der Waals surface area contributed by atoms with Crippen molar-refractivity contribution in [2.45, 2.75) is 38.0 Å². The molecule has 8 nitrogen and oxygen atoms in total. The average molecular weight is 466 g/mol. The number of fused-ring (bicyclic) bond motifs is 1. The van der Waals surface area contributed by atoms with Crippen LogP contribution in [0.4, 0.5) is 10.5 Å². The standard InChI is InChI=1S/C21H27N3O5S2/c1-21(2,3)29-20(25)22-17-18(30-7)23-24-13(11-31-19(17)24)16-14(27-5)8-12(10-26-4)9-15(16)28-6/h8-9,11H,10H2,1-7H3,(H,22,25). The Kier molecular flexibility index (Phi) is 7.03. The topological polar surface area (TPSA) is 83.3 Å². The molecule has 2 aromatic heterocycles. The van der Waals surface area contributed by atoms with E-state index in [9.17, 15) is 4.79 Å². The summed E-state index contributed by atoms with van der Waals surface area (Å²) in [5.74, 6) is 1.29. The smallest absolute Gasteiger partial charge is 0.412 e. The van der Waals surface area contributed by atoms with Crippen LogP contribution in [0, 0.1) is 0 Å². The number of carbonyl (C=O) groups excluding carboxylic acids is 1. The van der Waals surface area contributed by atoms with Crippen LogP contribution in [0.1, 0.15) is 26.3 Å². The number of ether oxygens (including phenoxy) is 4. The molecular formula is C21H27N3O5S2. The summed E-state index contributed by atoms with van der Waals surface area (Å²) < 4.78 is 23.8. The second-order valence-corrected chi connectivity index (χ2v) is 9.31. The van der Waals surface area contributed by atoms with E-state index in [1.54, 1.807) is 25.8 Å². The van der Waals surface area contributed by atoms with E-state index in [1.165, 1.54) is 23.1 Å². The third kappa shape index (κ3) is 4.91. The van der Waals surface area contributed by atoms with E-state index in [4.69, 9.17) is 24.0 Å². The van der Waals surface area contributed by atoms with Crippen molar-refractivity contribution in [3.63, 3.8) is 0 Å². The first-order chi connectivity index (χ1) is 14.7. The number of hydrogen-bond acceptors (Lipinski definition) is 8. The zero-order valence-electron chi connectivity index (χ0n) is 18.7. The number of rotatable bonds is 7. The van der Waals surface area contributed by atoms with Crippen molar-refractivity contribution < 1.29 is 23.7 Å². The third-order valence-electron chi connectivity index (χ3n) is 4.27. The summed E-state index contributed by atoms with van der Waals surface area (Å²) in [6.07, 6.45) is 1.39. The maximum Gasteiger partial charge on any atom is 0.412 e. The molecule has 3 aromatic rings. The van der Waals surface area contributed by atoms with Crippen LogP contribution in [0.5, 0.6) is 11.5 Å². The van der Waals surface area contributed by atoms with Gasteiger partial charge >= 0.3 is 6.09 Å². The fourth-order valence-corrected chi connectivity index (χ4v) is 4.63. The number of thiazole rings is 1. The summed E-state index contributed by atoms with van der Waals surface area (Å²) in [6, 6.07) is 3.84. The van der Waals surface area contributed by atoms with Gasteiger partial charge in [-0.25, -0.2) is 9.31 Å². The Hall–Kier alpha value is -2.43. The van der Waals surface area contributed by atoms with Crippen molar-refractivity contribution >= 4 is 39.7 Å². The predicted octanol–water partition coefficient (Wildman–Crippen LogP) is 5.30. The maximum atomic E-state index is 12.4. The number of aromatic nitrogens is 2. The molecule has 3 rings (SSSR count). The lowest BCUT2D eigenvalue weighted by Gasteiger charge is -2.19. The first-order valence-electron chi connectivity index (χ1n) is 9.50. The van der Waals surface area contributed by atoms with E-state index in [-0.39, 0.29) is 0 Å². The second-order valence-electron chi connectivity index (χ2n) is 7.66. The Morgan fingerprint density at radius 3 is 2.35 bits per heavy atom. The van der Waals surface area contributed by atoms with Gasteiger partial charge in [0.15, 0.2) is 0 Å². The van der Waals surface area contributed by atoms with E-state index in [0.29, 0.717) is 28.8 Å². The number of methoxy groups -OCH3 is 3. The van der Waals surface area contributed by atoms with E-state index in [0.717, 1.165) is 21.7 Å². The molecule has 0 bridgehead atoms. The highest BCUT2D eigenvalue weighted by atomic mass is 32.2. The Morgan fingerprint density at radius 2 is 1.84 bits per heavy atom. The Bertz CT molecular complexity index is 1060. The molecule has 0 atom stereocenters. The van der Waals surface area contributed by atoms with Crippen molar-refractivity contribution in [2.75, 3.05) is 32.9 Å². The van der Waals surface area contributed by atoms with Crippen molar-refractivity contribution in [1.82, 2.24) is 9.61 Å². The molecule has 0 fully saturated rings.